The van der Waals surface area contributed by atoms with E-state index in [1.54, 1.807) is 24.3 Å². The highest BCUT2D eigenvalue weighted by Gasteiger charge is 2.13. The normalized spacial score (nSPS) is 10.6. The Balaban J connectivity index is 1.63. The van der Waals surface area contributed by atoms with Crippen LogP contribution in [0.4, 0.5) is 5.69 Å². The molecule has 0 saturated carbocycles. The topological polar surface area (TPSA) is 103 Å². The molecule has 2 aromatic carbocycles. The van der Waals surface area contributed by atoms with E-state index in [9.17, 15) is 9.59 Å². The molecule has 7 nitrogen and oxygen atoms in total. The monoisotopic (exact) mass is 415 g/mol. The van der Waals surface area contributed by atoms with Gasteiger partial charge in [0.05, 0.1) is 5.75 Å². The highest BCUT2D eigenvalue weighted by Crippen LogP contribution is 2.16. The summed E-state index contributed by atoms with van der Waals surface area (Å²) in [6.45, 7) is 1.99. The molecule has 0 saturated heterocycles. The van der Waals surface area contributed by atoms with Crippen LogP contribution >= 0.6 is 23.4 Å². The van der Waals surface area contributed by atoms with Crippen molar-refractivity contribution in [1.29, 1.82) is 0 Å². The molecule has 3 aromatic rings. The number of carbonyl (C=O) groups is 1. The smallest absolute Gasteiger partial charge is 0.294 e. The second-order valence-corrected chi connectivity index (χ2v) is 7.49. The maximum Gasteiger partial charge on any atom is 0.294 e. The van der Waals surface area contributed by atoms with E-state index in [1.807, 2.05) is 31.2 Å². The molecule has 144 valence electrons. The first kappa shape index (κ1) is 19.9. The molecule has 0 bridgehead atoms. The van der Waals surface area contributed by atoms with Crippen LogP contribution in [0.1, 0.15) is 16.8 Å². The first-order chi connectivity index (χ1) is 13.4. The van der Waals surface area contributed by atoms with Gasteiger partial charge in [-0.05, 0) is 36.8 Å². The third kappa shape index (κ3) is 5.11. The summed E-state index contributed by atoms with van der Waals surface area (Å²) in [5.74, 6) is 5.63. The van der Waals surface area contributed by atoms with Gasteiger partial charge in [0.2, 0.25) is 11.1 Å². The van der Waals surface area contributed by atoms with Gasteiger partial charge in [-0.1, -0.05) is 53.2 Å². The van der Waals surface area contributed by atoms with Gasteiger partial charge in [-0.3, -0.25) is 9.59 Å². The number of nitrogen functional groups attached to an aromatic ring is 1. The number of amides is 1. The molecule has 0 unspecified atom stereocenters. The Morgan fingerprint density at radius 2 is 1.82 bits per heavy atom. The Bertz CT molecular complexity index is 1040. The van der Waals surface area contributed by atoms with Gasteiger partial charge in [0.15, 0.2) is 0 Å². The molecule has 0 fully saturated rings. The fourth-order valence-electron chi connectivity index (χ4n) is 2.39. The molecule has 0 aliphatic rings. The van der Waals surface area contributed by atoms with Crippen LogP contribution in [0, 0.1) is 6.92 Å². The van der Waals surface area contributed by atoms with Crippen molar-refractivity contribution in [3.63, 3.8) is 0 Å². The lowest BCUT2D eigenvalue weighted by atomic mass is 10.1. The van der Waals surface area contributed by atoms with E-state index >= 15 is 0 Å². The first-order valence-electron chi connectivity index (χ1n) is 8.40. The maximum atomic E-state index is 12.4. The Morgan fingerprint density at radius 3 is 2.50 bits per heavy atom. The predicted octanol–water partition coefficient (Wildman–Crippen LogP) is 2.64. The molecule has 9 heteroatoms. The number of thioether (sulfide) groups is 1. The number of benzene rings is 2. The Morgan fingerprint density at radius 1 is 1.14 bits per heavy atom. The number of anilines is 1. The van der Waals surface area contributed by atoms with Crippen LogP contribution < -0.4 is 16.7 Å². The summed E-state index contributed by atoms with van der Waals surface area (Å²) >= 11 is 6.85. The summed E-state index contributed by atoms with van der Waals surface area (Å²) in [6, 6.07) is 14.6. The third-order valence-corrected chi connectivity index (χ3v) is 5.08. The molecule has 1 amide bonds. The predicted molar refractivity (Wildman–Crippen MR) is 111 cm³/mol. The van der Waals surface area contributed by atoms with Gasteiger partial charge >= 0.3 is 0 Å². The minimum absolute atomic E-state index is 0.0330. The van der Waals surface area contributed by atoms with Crippen LogP contribution in [0.5, 0.6) is 0 Å². The van der Waals surface area contributed by atoms with Gasteiger partial charge in [-0.15, -0.1) is 10.2 Å². The molecule has 3 rings (SSSR count). The average molecular weight is 416 g/mol. The second-order valence-electron chi connectivity index (χ2n) is 6.11. The number of aromatic nitrogens is 3. The molecule has 0 aliphatic heterocycles. The molecule has 28 heavy (non-hydrogen) atoms. The summed E-state index contributed by atoms with van der Waals surface area (Å²) in [4.78, 5) is 24.5. The van der Waals surface area contributed by atoms with Crippen LogP contribution in [0.15, 0.2) is 58.5 Å². The lowest BCUT2D eigenvalue weighted by molar-refractivity contribution is -0.113. The Kier molecular flexibility index (Phi) is 6.33. The van der Waals surface area contributed by atoms with Crippen LogP contribution in [0.3, 0.4) is 0 Å². The summed E-state index contributed by atoms with van der Waals surface area (Å²) < 4.78 is 0.927. The molecule has 3 N–H and O–H groups in total. The number of carbonyl (C=O) groups excluding carboxylic acids is 1. The van der Waals surface area contributed by atoms with Gasteiger partial charge in [0.25, 0.3) is 5.56 Å². The van der Waals surface area contributed by atoms with Crippen molar-refractivity contribution >= 4 is 35.0 Å². The first-order valence-corrected chi connectivity index (χ1v) is 9.76. The van der Waals surface area contributed by atoms with Crippen molar-refractivity contribution in [3.05, 3.63) is 80.7 Å². The van der Waals surface area contributed by atoms with E-state index in [0.29, 0.717) is 17.1 Å². The molecule has 0 radical (unpaired) electrons. The number of hydrogen-bond donors (Lipinski definition) is 2. The lowest BCUT2D eigenvalue weighted by Crippen LogP contribution is -2.34. The van der Waals surface area contributed by atoms with E-state index in [0.717, 1.165) is 27.6 Å². The van der Waals surface area contributed by atoms with Crippen molar-refractivity contribution in [2.24, 2.45) is 0 Å². The number of nitrogens with zero attached hydrogens (tertiary/aromatic N) is 3. The SMILES string of the molecule is Cc1ccc(Cc2nnc(SCC(=O)Nc3ccc(Cl)cc3)n(N)c2=O)cc1. The highest BCUT2D eigenvalue weighted by molar-refractivity contribution is 7.99. The summed E-state index contributed by atoms with van der Waals surface area (Å²) in [5, 5.41) is 11.5. The third-order valence-electron chi connectivity index (χ3n) is 3.88. The van der Waals surface area contributed by atoms with E-state index in [-0.39, 0.29) is 22.5 Å². The summed E-state index contributed by atoms with van der Waals surface area (Å²) in [5.41, 5.74) is 2.52. The minimum Gasteiger partial charge on any atom is -0.334 e. The summed E-state index contributed by atoms with van der Waals surface area (Å²) in [6.07, 6.45) is 0.339. The number of nitrogens with one attached hydrogen (secondary N) is 1. The molecule has 1 heterocycles. The quantitative estimate of drug-likeness (QED) is 0.474. The van der Waals surface area contributed by atoms with Crippen molar-refractivity contribution in [1.82, 2.24) is 14.9 Å². The molecular weight excluding hydrogens is 398 g/mol. The summed E-state index contributed by atoms with van der Waals surface area (Å²) in [7, 11) is 0. The zero-order chi connectivity index (χ0) is 20.1. The average Bonchev–Trinajstić information content (AvgIpc) is 2.68. The second kappa shape index (κ2) is 8.90. The Labute approximate surface area is 170 Å². The van der Waals surface area contributed by atoms with Gasteiger partial charge in [0, 0.05) is 17.1 Å². The van der Waals surface area contributed by atoms with Gasteiger partial charge in [-0.25, -0.2) is 0 Å². The largest absolute Gasteiger partial charge is 0.334 e. The van der Waals surface area contributed by atoms with Crippen LogP contribution in [-0.4, -0.2) is 26.5 Å². The van der Waals surface area contributed by atoms with E-state index in [2.05, 4.69) is 15.5 Å². The van der Waals surface area contributed by atoms with Gasteiger partial charge < -0.3 is 11.2 Å². The van der Waals surface area contributed by atoms with Gasteiger partial charge in [0.1, 0.15) is 5.69 Å². The number of halogens is 1. The maximum absolute atomic E-state index is 12.4. The number of aryl methyl sites for hydroxylation is 1. The van der Waals surface area contributed by atoms with E-state index < -0.39 is 5.56 Å². The molecule has 0 atom stereocenters. The van der Waals surface area contributed by atoms with Crippen molar-refractivity contribution in [2.45, 2.75) is 18.5 Å². The Hall–Kier alpha value is -2.84. The lowest BCUT2D eigenvalue weighted by Gasteiger charge is -2.08. The van der Waals surface area contributed by atoms with Crippen molar-refractivity contribution in [2.75, 3.05) is 16.9 Å². The standard InChI is InChI=1S/C19H18ClN5O2S/c1-12-2-4-13(5-3-12)10-16-18(27)25(21)19(24-23-16)28-11-17(26)22-15-8-6-14(20)7-9-15/h2-9H,10-11,21H2,1H3,(H,22,26). The fourth-order valence-corrected chi connectivity index (χ4v) is 3.17. The van der Waals surface area contributed by atoms with Crippen molar-refractivity contribution < 1.29 is 4.79 Å². The van der Waals surface area contributed by atoms with E-state index in [1.165, 1.54) is 0 Å². The number of nitrogens with two attached hydrogens (primary N) is 1. The highest BCUT2D eigenvalue weighted by atomic mass is 35.5. The zero-order valence-electron chi connectivity index (χ0n) is 15.1. The number of rotatable bonds is 6. The molecule has 0 aliphatic carbocycles. The van der Waals surface area contributed by atoms with E-state index in [4.69, 9.17) is 17.4 Å². The van der Waals surface area contributed by atoms with Crippen LogP contribution in [0.25, 0.3) is 0 Å². The van der Waals surface area contributed by atoms with Crippen LogP contribution in [-0.2, 0) is 11.2 Å². The van der Waals surface area contributed by atoms with Crippen LogP contribution in [0.2, 0.25) is 5.02 Å². The minimum atomic E-state index is -0.434. The fraction of sp³-hybridized carbons (Fsp3) is 0.158. The number of hydrogen-bond acceptors (Lipinski definition) is 6. The molecule has 0 spiro atoms. The molecular formula is C19H18ClN5O2S. The zero-order valence-corrected chi connectivity index (χ0v) is 16.6. The van der Waals surface area contributed by atoms with Gasteiger partial charge in [-0.2, -0.15) is 4.68 Å². The molecule has 1 aromatic heterocycles. The van der Waals surface area contributed by atoms with Crippen molar-refractivity contribution in [3.8, 4) is 0 Å².